The summed E-state index contributed by atoms with van der Waals surface area (Å²) in [7, 11) is 2.99. The first kappa shape index (κ1) is 12.0. The lowest BCUT2D eigenvalue weighted by molar-refractivity contribution is -0.0282. The maximum Gasteiger partial charge on any atom is 0.326 e. The highest BCUT2D eigenvalue weighted by molar-refractivity contribution is 7.13. The minimum atomic E-state index is -3.60. The zero-order chi connectivity index (χ0) is 11.6. The van der Waals surface area contributed by atoms with Gasteiger partial charge >= 0.3 is 5.92 Å². The van der Waals surface area contributed by atoms with Crippen LogP contribution in [0.5, 0.6) is 0 Å². The third-order valence-electron chi connectivity index (χ3n) is 1.60. The molecule has 0 spiro atoms. The van der Waals surface area contributed by atoms with Gasteiger partial charge in [0, 0.05) is 14.1 Å². The van der Waals surface area contributed by atoms with E-state index >= 15 is 0 Å². The summed E-state index contributed by atoms with van der Waals surface area (Å²) in [6.45, 7) is -1.81. The van der Waals surface area contributed by atoms with Crippen LogP contribution in [-0.2, 0) is 5.92 Å². The molecule has 1 rings (SSSR count). The van der Waals surface area contributed by atoms with Gasteiger partial charge in [0.05, 0.1) is 6.20 Å². The monoisotopic (exact) mass is 238 g/mol. The Balaban J connectivity index is 2.95. The Labute approximate surface area is 88.5 Å². The molecule has 15 heavy (non-hydrogen) atoms. The predicted molar refractivity (Wildman–Crippen MR) is 50.0 cm³/mol. The maximum absolute atomic E-state index is 12.8. The molecule has 0 saturated heterocycles. The third-order valence-corrected chi connectivity index (χ3v) is 2.70. The summed E-state index contributed by atoms with van der Waals surface area (Å²) >= 11 is 0.509. The molecule has 1 aromatic heterocycles. The van der Waals surface area contributed by atoms with Crippen LogP contribution in [-0.4, -0.2) is 36.6 Å². The molecule has 0 atom stereocenters. The molecule has 7 heteroatoms. The van der Waals surface area contributed by atoms with Crippen molar-refractivity contribution in [1.29, 1.82) is 0 Å². The van der Waals surface area contributed by atoms with Crippen LogP contribution >= 0.6 is 11.3 Å². The summed E-state index contributed by atoms with van der Waals surface area (Å²) in [5, 5.41) is -0.671. The van der Waals surface area contributed by atoms with E-state index < -0.39 is 23.5 Å². The van der Waals surface area contributed by atoms with Crippen LogP contribution in [0.3, 0.4) is 0 Å². The Hall–Kier alpha value is -1.11. The number of hydrogen-bond donors (Lipinski definition) is 0. The second-order valence-electron chi connectivity index (χ2n) is 3.07. The van der Waals surface area contributed by atoms with Crippen LogP contribution in [0.4, 0.5) is 13.2 Å². The minimum Gasteiger partial charge on any atom is -0.344 e. The molecular formula is C8H9F3N2OS. The van der Waals surface area contributed by atoms with Crippen LogP contribution in [0.15, 0.2) is 6.20 Å². The zero-order valence-corrected chi connectivity index (χ0v) is 8.95. The van der Waals surface area contributed by atoms with Crippen molar-refractivity contribution >= 4 is 17.2 Å². The van der Waals surface area contributed by atoms with E-state index in [1.807, 2.05) is 0 Å². The van der Waals surface area contributed by atoms with E-state index in [0.29, 0.717) is 11.3 Å². The van der Waals surface area contributed by atoms with Crippen LogP contribution in [0, 0.1) is 0 Å². The largest absolute Gasteiger partial charge is 0.344 e. The van der Waals surface area contributed by atoms with Crippen LogP contribution in [0.2, 0.25) is 0 Å². The number of rotatable bonds is 3. The number of carbonyl (C=O) groups excluding carboxylic acids is 1. The van der Waals surface area contributed by atoms with Crippen molar-refractivity contribution in [2.24, 2.45) is 0 Å². The smallest absolute Gasteiger partial charge is 0.326 e. The van der Waals surface area contributed by atoms with E-state index in [9.17, 15) is 18.0 Å². The summed E-state index contributed by atoms with van der Waals surface area (Å²) in [6, 6.07) is 0. The molecule has 0 aromatic carbocycles. The number of thiazole rings is 1. The summed E-state index contributed by atoms with van der Waals surface area (Å²) in [5.74, 6) is -4.02. The molecule has 0 aliphatic rings. The maximum atomic E-state index is 12.8. The fourth-order valence-electron chi connectivity index (χ4n) is 0.820. The highest BCUT2D eigenvalue weighted by atomic mass is 32.1. The number of nitrogens with zero attached hydrogens (tertiary/aromatic N) is 2. The Morgan fingerprint density at radius 1 is 1.60 bits per heavy atom. The molecule has 1 aromatic rings. The van der Waals surface area contributed by atoms with Gasteiger partial charge in [-0.3, -0.25) is 4.79 Å². The van der Waals surface area contributed by atoms with Gasteiger partial charge in [-0.2, -0.15) is 8.78 Å². The van der Waals surface area contributed by atoms with Crippen molar-refractivity contribution in [3.63, 3.8) is 0 Å². The van der Waals surface area contributed by atoms with Gasteiger partial charge in [-0.05, 0) is 0 Å². The SMILES string of the molecule is CN(C)C(=O)c1cnc(C(F)(F)CF)s1. The van der Waals surface area contributed by atoms with Gasteiger partial charge in [0.1, 0.15) is 4.88 Å². The molecule has 0 saturated carbocycles. The van der Waals surface area contributed by atoms with Crippen molar-refractivity contribution in [2.45, 2.75) is 5.92 Å². The molecule has 0 N–H and O–H groups in total. The van der Waals surface area contributed by atoms with Gasteiger partial charge in [-0.1, -0.05) is 0 Å². The lowest BCUT2D eigenvalue weighted by Crippen LogP contribution is -2.20. The average Bonchev–Trinajstić information content (AvgIpc) is 2.65. The minimum absolute atomic E-state index is 0.0723. The van der Waals surface area contributed by atoms with Crippen LogP contribution in [0.25, 0.3) is 0 Å². The molecule has 0 unspecified atom stereocenters. The molecule has 0 aliphatic heterocycles. The van der Waals surface area contributed by atoms with Gasteiger partial charge < -0.3 is 4.90 Å². The number of carbonyl (C=O) groups is 1. The van der Waals surface area contributed by atoms with Crippen molar-refractivity contribution in [3.8, 4) is 0 Å². The van der Waals surface area contributed by atoms with E-state index in [-0.39, 0.29) is 4.88 Å². The summed E-state index contributed by atoms with van der Waals surface area (Å²) in [4.78, 5) is 16.0. The van der Waals surface area contributed by atoms with Gasteiger partial charge in [-0.15, -0.1) is 11.3 Å². The number of hydrogen-bond acceptors (Lipinski definition) is 3. The normalized spacial score (nSPS) is 11.5. The van der Waals surface area contributed by atoms with Crippen LogP contribution < -0.4 is 0 Å². The molecule has 0 bridgehead atoms. The van der Waals surface area contributed by atoms with Crippen molar-refractivity contribution in [2.75, 3.05) is 20.8 Å². The number of alkyl halides is 3. The highest BCUT2D eigenvalue weighted by Gasteiger charge is 2.35. The number of amides is 1. The van der Waals surface area contributed by atoms with Crippen molar-refractivity contribution < 1.29 is 18.0 Å². The van der Waals surface area contributed by atoms with Crippen molar-refractivity contribution in [3.05, 3.63) is 16.1 Å². The average molecular weight is 238 g/mol. The van der Waals surface area contributed by atoms with Gasteiger partial charge in [0.15, 0.2) is 11.7 Å². The lowest BCUT2D eigenvalue weighted by Gasteiger charge is -2.08. The van der Waals surface area contributed by atoms with E-state index in [4.69, 9.17) is 0 Å². The van der Waals surface area contributed by atoms with E-state index in [0.717, 1.165) is 6.20 Å². The first-order valence-electron chi connectivity index (χ1n) is 4.00. The molecule has 0 aliphatic carbocycles. The van der Waals surface area contributed by atoms with Gasteiger partial charge in [-0.25, -0.2) is 9.37 Å². The standard InChI is InChI=1S/C8H9F3N2OS/c1-13(2)6(14)5-3-12-7(15-5)8(10,11)4-9/h3H,4H2,1-2H3. The molecule has 1 amide bonds. The Morgan fingerprint density at radius 2 is 2.20 bits per heavy atom. The molecule has 1 heterocycles. The van der Waals surface area contributed by atoms with E-state index in [1.54, 1.807) is 0 Å². The first-order valence-corrected chi connectivity index (χ1v) is 4.82. The third kappa shape index (κ3) is 2.47. The topological polar surface area (TPSA) is 33.2 Å². The first-order chi connectivity index (χ1) is 6.88. The highest BCUT2D eigenvalue weighted by Crippen LogP contribution is 2.31. The summed E-state index contributed by atoms with van der Waals surface area (Å²) in [5.41, 5.74) is 0. The molecule has 0 radical (unpaired) electrons. The van der Waals surface area contributed by atoms with Gasteiger partial charge in [0.25, 0.3) is 5.91 Å². The summed E-state index contributed by atoms with van der Waals surface area (Å²) < 4.78 is 37.6. The van der Waals surface area contributed by atoms with E-state index in [2.05, 4.69) is 4.98 Å². The summed E-state index contributed by atoms with van der Waals surface area (Å²) in [6.07, 6.45) is 1.03. The van der Waals surface area contributed by atoms with Crippen LogP contribution in [0.1, 0.15) is 14.7 Å². The fourth-order valence-corrected chi connectivity index (χ4v) is 1.71. The Bertz CT molecular complexity index is 365. The van der Waals surface area contributed by atoms with Crippen molar-refractivity contribution in [1.82, 2.24) is 9.88 Å². The molecule has 0 fully saturated rings. The zero-order valence-electron chi connectivity index (χ0n) is 8.13. The number of halogens is 3. The quantitative estimate of drug-likeness (QED) is 0.805. The Morgan fingerprint density at radius 3 is 2.67 bits per heavy atom. The second-order valence-corrected chi connectivity index (χ2v) is 4.10. The van der Waals surface area contributed by atoms with E-state index in [1.165, 1.54) is 19.0 Å². The Kier molecular flexibility index (Phi) is 3.33. The number of aromatic nitrogens is 1. The lowest BCUT2D eigenvalue weighted by atomic mass is 10.4. The second kappa shape index (κ2) is 4.18. The fraction of sp³-hybridized carbons (Fsp3) is 0.500. The molecular weight excluding hydrogens is 229 g/mol. The van der Waals surface area contributed by atoms with Gasteiger partial charge in [0.2, 0.25) is 0 Å². The molecule has 3 nitrogen and oxygen atoms in total. The predicted octanol–water partition coefficient (Wildman–Crippen LogP) is 1.91. The molecule has 84 valence electrons.